The van der Waals surface area contributed by atoms with Crippen LogP contribution in [0, 0.1) is 7.14 Å². The summed E-state index contributed by atoms with van der Waals surface area (Å²) in [6.07, 6.45) is 0. The summed E-state index contributed by atoms with van der Waals surface area (Å²) < 4.78 is 31.5. The highest BCUT2D eigenvalue weighted by Crippen LogP contribution is 2.23. The third-order valence-electron chi connectivity index (χ3n) is 1.18. The van der Waals surface area contributed by atoms with Crippen LogP contribution in [0.3, 0.4) is 0 Å². The number of rotatable bonds is 1. The Morgan fingerprint density at radius 2 is 1.58 bits per heavy atom. The Balaban J connectivity index is 3.53. The van der Waals surface area contributed by atoms with Gasteiger partial charge in [-0.25, -0.2) is 0 Å². The number of halogens is 2. The number of hydrogen-bond donors (Lipinski definition) is 1. The minimum atomic E-state index is -4.08. The van der Waals surface area contributed by atoms with Gasteiger partial charge in [-0.3, -0.25) is 4.55 Å². The third kappa shape index (κ3) is 2.30. The molecule has 0 fully saturated rings. The summed E-state index contributed by atoms with van der Waals surface area (Å²) in [5.41, 5.74) is 0. The molecule has 0 amide bonds. The van der Waals surface area contributed by atoms with Crippen LogP contribution in [0.2, 0.25) is 0 Å². The summed E-state index contributed by atoms with van der Waals surface area (Å²) in [7, 11) is -4.08. The fraction of sp³-hybridized carbons (Fsp3) is 0. The zero-order valence-electron chi connectivity index (χ0n) is 5.66. The van der Waals surface area contributed by atoms with Gasteiger partial charge in [0.15, 0.2) is 0 Å². The van der Waals surface area contributed by atoms with Gasteiger partial charge in [0.1, 0.15) is 4.90 Å². The zero-order chi connectivity index (χ0) is 9.35. The molecule has 0 heterocycles. The summed E-state index contributed by atoms with van der Waals surface area (Å²) >= 11 is 3.73. The molecule has 0 saturated carbocycles. The fourth-order valence-electron chi connectivity index (χ4n) is 0.729. The SMILES string of the molecule is O=S(=O)(O)c1c(I)cccc1I. The van der Waals surface area contributed by atoms with Crippen molar-refractivity contribution in [3.8, 4) is 0 Å². The predicted molar refractivity (Wildman–Crippen MR) is 61.7 cm³/mol. The first-order chi connectivity index (χ1) is 5.43. The van der Waals surface area contributed by atoms with E-state index in [1.54, 1.807) is 18.2 Å². The highest BCUT2D eigenvalue weighted by molar-refractivity contribution is 14.1. The van der Waals surface area contributed by atoms with E-state index in [1.807, 2.05) is 45.2 Å². The molecular formula is C6H4I2O3S. The van der Waals surface area contributed by atoms with Gasteiger partial charge in [-0.05, 0) is 57.3 Å². The van der Waals surface area contributed by atoms with E-state index >= 15 is 0 Å². The molecule has 66 valence electrons. The van der Waals surface area contributed by atoms with Crippen molar-refractivity contribution in [1.82, 2.24) is 0 Å². The lowest BCUT2D eigenvalue weighted by Crippen LogP contribution is -2.03. The topological polar surface area (TPSA) is 54.4 Å². The van der Waals surface area contributed by atoms with Crippen molar-refractivity contribution in [1.29, 1.82) is 0 Å². The highest BCUT2D eigenvalue weighted by atomic mass is 127. The van der Waals surface area contributed by atoms with Gasteiger partial charge in [0, 0.05) is 7.14 Å². The van der Waals surface area contributed by atoms with Gasteiger partial charge in [0.25, 0.3) is 10.1 Å². The highest BCUT2D eigenvalue weighted by Gasteiger charge is 2.16. The maximum atomic E-state index is 10.8. The third-order valence-corrected chi connectivity index (χ3v) is 4.66. The van der Waals surface area contributed by atoms with Crippen LogP contribution in [0.4, 0.5) is 0 Å². The summed E-state index contributed by atoms with van der Waals surface area (Å²) in [4.78, 5) is -0.00815. The van der Waals surface area contributed by atoms with Crippen LogP contribution in [-0.2, 0) is 10.1 Å². The van der Waals surface area contributed by atoms with Gasteiger partial charge >= 0.3 is 0 Å². The van der Waals surface area contributed by atoms with E-state index in [4.69, 9.17) is 4.55 Å². The van der Waals surface area contributed by atoms with Crippen molar-refractivity contribution in [2.75, 3.05) is 0 Å². The first kappa shape index (κ1) is 10.7. The molecule has 0 bridgehead atoms. The minimum absolute atomic E-state index is 0.00815. The maximum absolute atomic E-state index is 10.8. The smallest absolute Gasteiger partial charge is 0.282 e. The van der Waals surface area contributed by atoms with Crippen LogP contribution in [-0.4, -0.2) is 13.0 Å². The van der Waals surface area contributed by atoms with Gasteiger partial charge in [-0.2, -0.15) is 8.42 Å². The molecule has 0 radical (unpaired) electrons. The van der Waals surface area contributed by atoms with Gasteiger partial charge in [-0.1, -0.05) is 6.07 Å². The van der Waals surface area contributed by atoms with Crippen LogP contribution in [0.1, 0.15) is 0 Å². The molecule has 6 heteroatoms. The van der Waals surface area contributed by atoms with Crippen molar-refractivity contribution < 1.29 is 13.0 Å². The molecule has 1 rings (SSSR count). The molecule has 1 N–H and O–H groups in total. The summed E-state index contributed by atoms with van der Waals surface area (Å²) in [6.45, 7) is 0. The lowest BCUT2D eigenvalue weighted by molar-refractivity contribution is 0.482. The van der Waals surface area contributed by atoms with Crippen LogP contribution in [0.15, 0.2) is 23.1 Å². The van der Waals surface area contributed by atoms with Crippen LogP contribution in [0.5, 0.6) is 0 Å². The second-order valence-corrected chi connectivity index (χ2v) is 5.71. The second kappa shape index (κ2) is 3.76. The molecule has 12 heavy (non-hydrogen) atoms. The largest absolute Gasteiger partial charge is 0.296 e. The first-order valence-corrected chi connectivity index (χ1v) is 6.44. The Hall–Kier alpha value is 0.590. The molecule has 0 aliphatic heterocycles. The lowest BCUT2D eigenvalue weighted by atomic mass is 10.4. The molecule has 0 unspecified atom stereocenters. The van der Waals surface area contributed by atoms with Crippen molar-refractivity contribution in [2.45, 2.75) is 4.90 Å². The van der Waals surface area contributed by atoms with Crippen LogP contribution >= 0.6 is 45.2 Å². The Bertz CT molecular complexity index is 379. The van der Waals surface area contributed by atoms with E-state index in [2.05, 4.69) is 0 Å². The zero-order valence-corrected chi connectivity index (χ0v) is 10.8. The average Bonchev–Trinajstić information content (AvgIpc) is 1.82. The second-order valence-electron chi connectivity index (χ2n) is 2.03. The first-order valence-electron chi connectivity index (χ1n) is 2.84. The van der Waals surface area contributed by atoms with Gasteiger partial charge in [-0.15, -0.1) is 0 Å². The Kier molecular flexibility index (Phi) is 3.34. The van der Waals surface area contributed by atoms with Gasteiger partial charge in [0.2, 0.25) is 0 Å². The molecule has 1 aromatic carbocycles. The Labute approximate surface area is 97.6 Å². The summed E-state index contributed by atoms with van der Waals surface area (Å²) in [5, 5.41) is 0. The predicted octanol–water partition coefficient (Wildman–Crippen LogP) is 2.14. The maximum Gasteiger partial charge on any atom is 0.296 e. The normalized spacial score (nSPS) is 11.6. The van der Waals surface area contributed by atoms with Crippen LogP contribution in [0.25, 0.3) is 0 Å². The van der Waals surface area contributed by atoms with Crippen molar-refractivity contribution in [3.05, 3.63) is 25.3 Å². The van der Waals surface area contributed by atoms with Crippen molar-refractivity contribution >= 4 is 55.3 Å². The van der Waals surface area contributed by atoms with E-state index in [1.165, 1.54) is 0 Å². The summed E-state index contributed by atoms with van der Waals surface area (Å²) in [5.74, 6) is 0. The standard InChI is InChI=1S/C6H4I2O3S/c7-4-2-1-3-5(8)6(4)12(9,10)11/h1-3H,(H,9,10,11). The summed E-state index contributed by atoms with van der Waals surface area (Å²) in [6, 6.07) is 5.00. The molecule has 0 atom stereocenters. The van der Waals surface area contributed by atoms with E-state index in [-0.39, 0.29) is 4.90 Å². The van der Waals surface area contributed by atoms with E-state index in [9.17, 15) is 8.42 Å². The van der Waals surface area contributed by atoms with E-state index in [0.29, 0.717) is 7.14 Å². The quantitative estimate of drug-likeness (QED) is 0.571. The Morgan fingerprint density at radius 1 is 1.17 bits per heavy atom. The number of hydrogen-bond acceptors (Lipinski definition) is 2. The molecule has 1 aromatic rings. The molecule has 0 saturated heterocycles. The molecular weight excluding hydrogens is 406 g/mol. The monoisotopic (exact) mass is 410 g/mol. The molecule has 0 aromatic heterocycles. The van der Waals surface area contributed by atoms with Crippen molar-refractivity contribution in [2.24, 2.45) is 0 Å². The number of benzene rings is 1. The minimum Gasteiger partial charge on any atom is -0.282 e. The Morgan fingerprint density at radius 3 is 1.83 bits per heavy atom. The fourth-order valence-corrected chi connectivity index (χ4v) is 4.54. The lowest BCUT2D eigenvalue weighted by Gasteiger charge is -2.02. The van der Waals surface area contributed by atoms with Crippen LogP contribution < -0.4 is 0 Å². The van der Waals surface area contributed by atoms with E-state index in [0.717, 1.165) is 0 Å². The van der Waals surface area contributed by atoms with Gasteiger partial charge in [0.05, 0.1) is 0 Å². The molecule has 0 aliphatic carbocycles. The molecule has 0 aliphatic rings. The molecule has 3 nitrogen and oxygen atoms in total. The van der Waals surface area contributed by atoms with Crippen molar-refractivity contribution in [3.63, 3.8) is 0 Å². The van der Waals surface area contributed by atoms with E-state index < -0.39 is 10.1 Å². The van der Waals surface area contributed by atoms with Gasteiger partial charge < -0.3 is 0 Å². The average molecular weight is 410 g/mol. The molecule has 0 spiro atoms.